The molecule has 1 atom stereocenters. The molecule has 6 rings (SSSR count). The van der Waals surface area contributed by atoms with Crippen LogP contribution in [0, 0.1) is 6.92 Å². The molecular weight excluding hydrogens is 560 g/mol. The lowest BCUT2D eigenvalue weighted by Gasteiger charge is -2.35. The number of aromatic nitrogens is 2. The average Bonchev–Trinajstić information content (AvgIpc) is 3.31. The van der Waals surface area contributed by atoms with Crippen LogP contribution in [0.25, 0.3) is 11.3 Å². The third kappa shape index (κ3) is 5.28. The maximum absolute atomic E-state index is 14.3. The van der Waals surface area contributed by atoms with Crippen LogP contribution in [0.5, 0.6) is 5.75 Å². The number of halogens is 1. The minimum Gasteiger partial charge on any atom is -0.508 e. The van der Waals surface area contributed by atoms with E-state index in [2.05, 4.69) is 24.0 Å². The Morgan fingerprint density at radius 2 is 1.58 bits per heavy atom. The highest BCUT2D eigenvalue weighted by atomic mass is 35.5. The summed E-state index contributed by atoms with van der Waals surface area (Å²) < 4.78 is 1.92. The molecule has 2 amide bonds. The molecule has 5 aromatic rings. The van der Waals surface area contributed by atoms with E-state index in [1.807, 2.05) is 41.6 Å². The zero-order valence-corrected chi connectivity index (χ0v) is 24.9. The second-order valence-corrected chi connectivity index (χ2v) is 11.3. The summed E-state index contributed by atoms with van der Waals surface area (Å²) in [6, 6.07) is 25.4. The molecule has 1 aliphatic heterocycles. The van der Waals surface area contributed by atoms with Crippen LogP contribution in [0.15, 0.2) is 97.3 Å². The van der Waals surface area contributed by atoms with Gasteiger partial charge in [-0.3, -0.25) is 19.5 Å². The number of amides is 2. The Balaban J connectivity index is 1.42. The summed E-state index contributed by atoms with van der Waals surface area (Å²) in [4.78, 5) is 36.0. The highest BCUT2D eigenvalue weighted by Gasteiger charge is 2.31. The molecular formula is C35H31ClN4O3. The van der Waals surface area contributed by atoms with Crippen molar-refractivity contribution < 1.29 is 14.7 Å². The van der Waals surface area contributed by atoms with Crippen LogP contribution in [0.2, 0.25) is 5.02 Å². The molecule has 216 valence electrons. The van der Waals surface area contributed by atoms with E-state index in [-0.39, 0.29) is 23.6 Å². The normalized spacial score (nSPS) is 14.3. The summed E-state index contributed by atoms with van der Waals surface area (Å²) >= 11 is 6.50. The molecule has 3 aromatic carbocycles. The molecule has 1 aliphatic rings. The van der Waals surface area contributed by atoms with E-state index in [0.29, 0.717) is 45.3 Å². The summed E-state index contributed by atoms with van der Waals surface area (Å²) in [5, 5.41) is 10.4. The summed E-state index contributed by atoms with van der Waals surface area (Å²) in [7, 11) is 1.88. The molecule has 0 radical (unpaired) electrons. The van der Waals surface area contributed by atoms with Gasteiger partial charge in [-0.25, -0.2) is 0 Å². The maximum Gasteiger partial charge on any atom is 0.264 e. The number of hydrogen-bond donors (Lipinski definition) is 1. The zero-order chi connectivity index (χ0) is 30.2. The van der Waals surface area contributed by atoms with Crippen molar-refractivity contribution in [3.8, 4) is 17.0 Å². The zero-order valence-electron chi connectivity index (χ0n) is 24.2. The molecule has 8 heteroatoms. The molecule has 0 aliphatic carbocycles. The lowest BCUT2D eigenvalue weighted by molar-refractivity contribution is 0.0659. The lowest BCUT2D eigenvalue weighted by atomic mass is 9.93. The third-order valence-electron chi connectivity index (χ3n) is 8.25. The van der Waals surface area contributed by atoms with Crippen LogP contribution in [0.3, 0.4) is 0 Å². The number of anilines is 2. The van der Waals surface area contributed by atoms with Gasteiger partial charge in [-0.05, 0) is 92.1 Å². The molecule has 1 N–H and O–H groups in total. The number of phenols is 1. The van der Waals surface area contributed by atoms with Gasteiger partial charge in [0.25, 0.3) is 11.8 Å². The van der Waals surface area contributed by atoms with E-state index in [9.17, 15) is 14.7 Å². The van der Waals surface area contributed by atoms with E-state index in [4.69, 9.17) is 11.6 Å². The van der Waals surface area contributed by atoms with Crippen molar-refractivity contribution in [2.75, 3.05) is 4.90 Å². The Hall–Kier alpha value is -4.88. The van der Waals surface area contributed by atoms with Crippen molar-refractivity contribution >= 4 is 34.8 Å². The van der Waals surface area contributed by atoms with Gasteiger partial charge in [0.05, 0.1) is 11.3 Å². The van der Waals surface area contributed by atoms with Crippen LogP contribution < -0.4 is 4.90 Å². The highest BCUT2D eigenvalue weighted by molar-refractivity contribution is 6.31. The van der Waals surface area contributed by atoms with E-state index in [1.165, 1.54) is 5.56 Å². The first-order valence-corrected chi connectivity index (χ1v) is 14.5. The Kier molecular flexibility index (Phi) is 7.50. The Morgan fingerprint density at radius 3 is 2.30 bits per heavy atom. The first kappa shape index (κ1) is 28.2. The summed E-state index contributed by atoms with van der Waals surface area (Å²) in [6.45, 7) is 4.49. The molecule has 0 bridgehead atoms. The number of benzene rings is 3. The number of fused-ring (bicyclic) bond motifs is 1. The van der Waals surface area contributed by atoms with Gasteiger partial charge in [0.2, 0.25) is 0 Å². The number of carbonyl (C=O) groups is 2. The van der Waals surface area contributed by atoms with Crippen molar-refractivity contribution in [2.24, 2.45) is 7.05 Å². The first-order valence-electron chi connectivity index (χ1n) is 14.1. The third-order valence-corrected chi connectivity index (χ3v) is 8.49. The van der Waals surface area contributed by atoms with Gasteiger partial charge in [-0.2, -0.15) is 0 Å². The molecule has 0 saturated carbocycles. The number of phenolic OH excluding ortho intramolecular Hbond substituents is 1. The molecule has 0 spiro atoms. The van der Waals surface area contributed by atoms with E-state index in [1.54, 1.807) is 71.9 Å². The maximum atomic E-state index is 14.3. The number of nitrogens with zero attached hydrogens (tertiary/aromatic N) is 4. The number of aromatic hydroxyl groups is 1. The van der Waals surface area contributed by atoms with Gasteiger partial charge in [0.15, 0.2) is 0 Å². The molecule has 0 fully saturated rings. The molecule has 0 saturated heterocycles. The summed E-state index contributed by atoms with van der Waals surface area (Å²) in [5.41, 5.74) is 6.74. The van der Waals surface area contributed by atoms with Crippen LogP contribution in [-0.4, -0.2) is 37.4 Å². The predicted molar refractivity (Wildman–Crippen MR) is 169 cm³/mol. The fourth-order valence-electron chi connectivity index (χ4n) is 5.79. The van der Waals surface area contributed by atoms with Gasteiger partial charge >= 0.3 is 0 Å². The number of rotatable bonds is 5. The Bertz CT molecular complexity index is 1830. The lowest BCUT2D eigenvalue weighted by Crippen LogP contribution is -2.42. The Labute approximate surface area is 255 Å². The van der Waals surface area contributed by atoms with Crippen LogP contribution in [0.1, 0.15) is 44.5 Å². The van der Waals surface area contributed by atoms with Crippen LogP contribution >= 0.6 is 11.6 Å². The quantitative estimate of drug-likeness (QED) is 0.233. The summed E-state index contributed by atoms with van der Waals surface area (Å²) in [5.74, 6) is -0.232. The SMILES string of the molecule is Cc1c(C(=O)N(c2ccncc2)c2ccc(O)cc2)cc(-c2cc(Cl)ccc2C(=O)N2Cc3ccccc3C[C@H]2C)n1C. The van der Waals surface area contributed by atoms with Crippen LogP contribution in [-0.2, 0) is 20.0 Å². The number of pyridine rings is 1. The minimum absolute atomic E-state index is 0.0254. The molecule has 43 heavy (non-hydrogen) atoms. The van der Waals surface area contributed by atoms with Gasteiger partial charge in [-0.15, -0.1) is 0 Å². The summed E-state index contributed by atoms with van der Waals surface area (Å²) in [6.07, 6.45) is 4.04. The minimum atomic E-state index is -0.257. The Morgan fingerprint density at radius 1 is 0.907 bits per heavy atom. The monoisotopic (exact) mass is 590 g/mol. The second kappa shape index (κ2) is 11.4. The average molecular weight is 591 g/mol. The van der Waals surface area contributed by atoms with Crippen molar-refractivity contribution in [2.45, 2.75) is 32.9 Å². The fourth-order valence-corrected chi connectivity index (χ4v) is 5.97. The number of carbonyl (C=O) groups excluding carboxylic acids is 2. The van der Waals surface area contributed by atoms with Gasteiger partial charge in [0.1, 0.15) is 5.75 Å². The largest absolute Gasteiger partial charge is 0.508 e. The molecule has 7 nitrogen and oxygen atoms in total. The standard InChI is InChI=1S/C35H31ClN4O3/c1-22-18-24-6-4-5-7-25(24)21-39(22)34(42)30-13-8-26(36)19-32(30)33-20-31(23(2)38(33)3)35(43)40(28-14-16-37-17-15-28)27-9-11-29(41)12-10-27/h4-17,19-20,22,41H,18,21H2,1-3H3/t22-/m1/s1. The molecule has 2 aromatic heterocycles. The first-order chi connectivity index (χ1) is 20.7. The highest BCUT2D eigenvalue weighted by Crippen LogP contribution is 2.35. The topological polar surface area (TPSA) is 78.7 Å². The van der Waals surface area contributed by atoms with Crippen molar-refractivity contribution in [1.29, 1.82) is 0 Å². The predicted octanol–water partition coefficient (Wildman–Crippen LogP) is 7.32. The van der Waals surface area contributed by atoms with E-state index < -0.39 is 0 Å². The van der Waals surface area contributed by atoms with E-state index >= 15 is 0 Å². The van der Waals surface area contributed by atoms with Gasteiger partial charge < -0.3 is 14.6 Å². The van der Waals surface area contributed by atoms with Crippen molar-refractivity contribution in [1.82, 2.24) is 14.5 Å². The smallest absolute Gasteiger partial charge is 0.264 e. The second-order valence-electron chi connectivity index (χ2n) is 10.9. The molecule has 3 heterocycles. The van der Waals surface area contributed by atoms with Crippen molar-refractivity contribution in [3.05, 3.63) is 130 Å². The van der Waals surface area contributed by atoms with Crippen molar-refractivity contribution in [3.63, 3.8) is 0 Å². The fraction of sp³-hybridized carbons (Fsp3) is 0.171. The number of hydrogen-bond acceptors (Lipinski definition) is 4. The molecule has 0 unspecified atom stereocenters. The van der Waals surface area contributed by atoms with Crippen LogP contribution in [0.4, 0.5) is 11.4 Å². The van der Waals surface area contributed by atoms with E-state index in [0.717, 1.165) is 17.7 Å². The van der Waals surface area contributed by atoms with Gasteiger partial charge in [-0.1, -0.05) is 35.9 Å². The van der Waals surface area contributed by atoms with Gasteiger partial charge in [0, 0.05) is 65.3 Å².